The molecular weight excluding hydrogens is 1120 g/mol. The summed E-state index contributed by atoms with van der Waals surface area (Å²) in [5, 5.41) is 36.5. The van der Waals surface area contributed by atoms with Gasteiger partial charge in [-0.1, -0.05) is 70.2 Å². The standard InChI is InChI=1S/C68H86FN9O10/c1-7-52-56(69)18-14-45-33-50(79)35-55(60(45)52)44-13-17-54-57(34-44)74-65(76-61(54)46-31-47-15-16-48(32-46)73-47)88-39-68-22-8-26-78(68)49(19-23-68)38-87-66(84)71-25-28-86-30-29-85-27-21-59(81)75-62(67(4,5)6)64(83)77-37-51(80)36-58(77)63(82)72-40(2)42-9-11-43(12-10-42)53-20-24-70-41(53)3/h9-14,17-18,24,33-35,40,46-49,51,58,62,73,79-80H,7-8,15-16,19-23,25-32,36-39H2,1-6H3,(H,71,84)(H,72,82)(H,75,81)/t40-,46?,47?,48?,49?,51+,58?,62+,68?/m0/s1. The van der Waals surface area contributed by atoms with Crippen molar-refractivity contribution in [1.29, 1.82) is 0 Å². The lowest BCUT2D eigenvalue weighted by Gasteiger charge is -2.35. The highest BCUT2D eigenvalue weighted by Gasteiger charge is 2.51. The molecule has 88 heavy (non-hydrogen) atoms. The molecule has 0 spiro atoms. The molecule has 1 aromatic heterocycles. The van der Waals surface area contributed by atoms with Gasteiger partial charge in [-0.15, -0.1) is 0 Å². The van der Waals surface area contributed by atoms with Crippen molar-refractivity contribution < 1.29 is 52.7 Å². The van der Waals surface area contributed by atoms with Crippen molar-refractivity contribution >= 4 is 57.3 Å². The van der Waals surface area contributed by atoms with Gasteiger partial charge in [-0.05, 0) is 152 Å². The van der Waals surface area contributed by atoms with E-state index < -0.39 is 41.5 Å². The van der Waals surface area contributed by atoms with Gasteiger partial charge in [0.2, 0.25) is 17.7 Å². The van der Waals surface area contributed by atoms with Crippen molar-refractivity contribution in [2.75, 3.05) is 59.3 Å². The van der Waals surface area contributed by atoms with Gasteiger partial charge in [0, 0.05) is 73.7 Å². The summed E-state index contributed by atoms with van der Waals surface area (Å²) in [4.78, 5) is 72.5. The number of β-amino-alcohol motifs (C(OH)–C–C–N with tert-alkyl or cyclic N) is 1. The molecule has 5 unspecified atom stereocenters. The highest BCUT2D eigenvalue weighted by molar-refractivity contribution is 6.02. The van der Waals surface area contributed by atoms with Gasteiger partial charge in [0.1, 0.15) is 36.9 Å². The third kappa shape index (κ3) is 13.9. The van der Waals surface area contributed by atoms with Crippen LogP contribution in [0, 0.1) is 11.2 Å². The number of hydrogen-bond donors (Lipinski definition) is 6. The number of aliphatic imine (C=N–C) groups is 1. The van der Waals surface area contributed by atoms with Gasteiger partial charge < -0.3 is 55.3 Å². The minimum Gasteiger partial charge on any atom is -0.508 e. The molecule has 7 heterocycles. The van der Waals surface area contributed by atoms with Gasteiger partial charge in [0.05, 0.1) is 55.3 Å². The Morgan fingerprint density at radius 2 is 1.66 bits per heavy atom. The number of aliphatic hydroxyl groups excluding tert-OH is 1. The molecule has 0 aliphatic carbocycles. The Labute approximate surface area is 514 Å². The first-order valence-corrected chi connectivity index (χ1v) is 31.7. The van der Waals surface area contributed by atoms with Crippen molar-refractivity contribution in [3.8, 4) is 22.9 Å². The van der Waals surface area contributed by atoms with Gasteiger partial charge in [0.25, 0.3) is 0 Å². The fourth-order valence-electron chi connectivity index (χ4n) is 14.5. The average molecular weight is 1210 g/mol. The Balaban J connectivity index is 0.611. The first-order chi connectivity index (χ1) is 42.3. The fraction of sp³-hybridized carbons (Fsp3) is 0.544. The third-order valence-electron chi connectivity index (χ3n) is 19.1. The Morgan fingerprint density at radius 1 is 0.898 bits per heavy atom. The maximum atomic E-state index is 15.3. The van der Waals surface area contributed by atoms with Crippen LogP contribution < -0.4 is 26.0 Å². The lowest BCUT2D eigenvalue weighted by atomic mass is 9.85. The zero-order chi connectivity index (χ0) is 61.9. The second kappa shape index (κ2) is 26.9. The minimum atomic E-state index is -0.966. The lowest BCUT2D eigenvalue weighted by molar-refractivity contribution is -0.144. The number of aryl methyl sites for hydroxylation is 1. The Bertz CT molecular complexity index is 3450. The van der Waals surface area contributed by atoms with Crippen LogP contribution in [0.2, 0.25) is 0 Å². The number of hydrogen-bond acceptors (Lipinski definition) is 15. The molecule has 470 valence electrons. The number of allylic oxidation sites excluding steroid dienone is 2. The van der Waals surface area contributed by atoms with Crippen molar-refractivity contribution in [3.05, 3.63) is 101 Å². The molecule has 8 atom stereocenters. The fourth-order valence-corrected chi connectivity index (χ4v) is 14.5. The van der Waals surface area contributed by atoms with E-state index >= 15 is 4.39 Å². The van der Waals surface area contributed by atoms with Crippen LogP contribution in [0.3, 0.4) is 0 Å². The van der Waals surface area contributed by atoms with E-state index in [0.29, 0.717) is 36.7 Å². The van der Waals surface area contributed by atoms with E-state index in [0.717, 1.165) is 120 Å². The van der Waals surface area contributed by atoms with Crippen LogP contribution in [0.4, 0.5) is 9.18 Å². The van der Waals surface area contributed by atoms with Gasteiger partial charge in [-0.25, -0.2) is 9.18 Å². The predicted molar refractivity (Wildman–Crippen MR) is 334 cm³/mol. The maximum absolute atomic E-state index is 15.3. The highest BCUT2D eigenvalue weighted by Crippen LogP contribution is 2.45. The minimum absolute atomic E-state index is 0.0148. The predicted octanol–water partition coefficient (Wildman–Crippen LogP) is 8.96. The smallest absolute Gasteiger partial charge is 0.407 e. The molecule has 4 aromatic carbocycles. The van der Waals surface area contributed by atoms with Crippen molar-refractivity contribution in [2.24, 2.45) is 10.4 Å². The summed E-state index contributed by atoms with van der Waals surface area (Å²) in [7, 11) is 0. The van der Waals surface area contributed by atoms with Gasteiger partial charge in [0.15, 0.2) is 0 Å². The first-order valence-electron chi connectivity index (χ1n) is 31.7. The normalized spacial score (nSPS) is 24.1. The summed E-state index contributed by atoms with van der Waals surface area (Å²) in [6.07, 6.45) is 9.76. The molecule has 4 amide bonds. The third-order valence-corrected chi connectivity index (χ3v) is 19.1. The number of phenolic OH excluding ortho intramolecular Hbond substituents is 1. The van der Waals surface area contributed by atoms with E-state index in [1.807, 2.05) is 84.2 Å². The van der Waals surface area contributed by atoms with Crippen LogP contribution in [0.1, 0.15) is 147 Å². The molecular formula is C68H86FN9O10. The molecule has 6 N–H and O–H groups in total. The summed E-state index contributed by atoms with van der Waals surface area (Å²) in [5.41, 5.74) is 7.08. The number of piperidine rings is 1. The molecule has 6 aliphatic rings. The number of benzene rings is 4. The molecule has 20 heteroatoms. The van der Waals surface area contributed by atoms with E-state index in [1.165, 1.54) is 16.5 Å². The van der Waals surface area contributed by atoms with Gasteiger partial charge in [-0.2, -0.15) is 9.97 Å². The Kier molecular flexibility index (Phi) is 19.1. The number of nitrogens with zero attached hydrogens (tertiary/aromatic N) is 5. The topological polar surface area (TPSA) is 238 Å². The quantitative estimate of drug-likeness (QED) is 0.0335. The number of aromatic hydroxyl groups is 1. The summed E-state index contributed by atoms with van der Waals surface area (Å²) < 4.78 is 39.1. The SMILES string of the molecule is CCc1c(F)ccc2cc(O)cc(-c3ccc4c(C5CC6CCC(C5)N6)nc(OCC56CCCN5C(COC(=O)NCCOCCOCCC(=O)N[C@H](C(=O)N5C[C@H](O)CC5C(=O)N[C@@H](C)c5ccc(C7=C(C)N=CC7)cc5)C(C)(C)C)CC6)nc4c3)c12. The summed E-state index contributed by atoms with van der Waals surface area (Å²) in [5.74, 6) is -1.14. The summed E-state index contributed by atoms with van der Waals surface area (Å²) in [6, 6.07) is 19.7. The number of likely N-dealkylation sites (tertiary alicyclic amines) is 1. The number of phenols is 1. The largest absolute Gasteiger partial charge is 0.508 e. The number of fused-ring (bicyclic) bond motifs is 5. The average Bonchev–Trinajstić information content (AvgIpc) is 1.47. The van der Waals surface area contributed by atoms with Crippen LogP contribution in [0.25, 0.3) is 38.4 Å². The van der Waals surface area contributed by atoms with Crippen LogP contribution in [-0.4, -0.2) is 161 Å². The van der Waals surface area contributed by atoms with Crippen LogP contribution in [0.5, 0.6) is 11.8 Å². The first kappa shape index (κ1) is 62.5. The second-order valence-electron chi connectivity index (χ2n) is 26.1. The number of amides is 4. The van der Waals surface area contributed by atoms with E-state index in [9.17, 15) is 29.4 Å². The van der Waals surface area contributed by atoms with Crippen LogP contribution >= 0.6 is 0 Å². The molecule has 5 saturated heterocycles. The van der Waals surface area contributed by atoms with Gasteiger partial charge in [-0.3, -0.25) is 24.3 Å². The number of aromatic nitrogens is 2. The number of nitrogens with one attached hydrogen (secondary N) is 4. The van der Waals surface area contributed by atoms with E-state index in [4.69, 9.17) is 28.9 Å². The Morgan fingerprint density at radius 3 is 2.40 bits per heavy atom. The monoisotopic (exact) mass is 1210 g/mol. The summed E-state index contributed by atoms with van der Waals surface area (Å²) >= 11 is 0. The number of carbonyl (C=O) groups is 4. The molecule has 6 aliphatic heterocycles. The number of rotatable bonds is 23. The number of halogens is 1. The van der Waals surface area contributed by atoms with E-state index in [-0.39, 0.29) is 100.0 Å². The summed E-state index contributed by atoms with van der Waals surface area (Å²) in [6.45, 7) is 13.8. The van der Waals surface area contributed by atoms with Crippen LogP contribution in [0.15, 0.2) is 77.4 Å². The zero-order valence-corrected chi connectivity index (χ0v) is 51.7. The molecule has 11 rings (SSSR count). The lowest BCUT2D eigenvalue weighted by Crippen LogP contribution is -2.58. The molecule has 0 saturated carbocycles. The van der Waals surface area contributed by atoms with Crippen molar-refractivity contribution in [3.63, 3.8) is 0 Å². The number of carbonyl (C=O) groups excluding carboxylic acids is 4. The van der Waals surface area contributed by atoms with E-state index in [2.05, 4.69) is 37.2 Å². The molecule has 0 radical (unpaired) electrons. The van der Waals surface area contributed by atoms with E-state index in [1.54, 1.807) is 18.2 Å². The van der Waals surface area contributed by atoms with Crippen molar-refractivity contribution in [2.45, 2.75) is 172 Å². The number of aliphatic hydroxyl groups is 1. The zero-order valence-electron chi connectivity index (χ0n) is 51.7. The number of alkyl carbamates (subject to hydrolysis) is 1. The molecule has 2 bridgehead atoms. The molecule has 5 fully saturated rings. The highest BCUT2D eigenvalue weighted by atomic mass is 19.1. The maximum Gasteiger partial charge on any atom is 0.407 e. The molecule has 19 nitrogen and oxygen atoms in total. The van der Waals surface area contributed by atoms with Crippen molar-refractivity contribution in [1.82, 2.24) is 41.0 Å². The van der Waals surface area contributed by atoms with Crippen LogP contribution in [-0.2, 0) is 35.0 Å². The molecule has 5 aromatic rings. The number of ether oxygens (including phenoxy) is 4. The second-order valence-corrected chi connectivity index (χ2v) is 26.1. The van der Waals surface area contributed by atoms with Gasteiger partial charge >= 0.3 is 12.1 Å². The Hall–Kier alpha value is -7.10.